The number of hydrogen-bond donors (Lipinski definition) is 1. The number of carbonyl (C=O) groups is 2. The minimum atomic E-state index is -3.63. The van der Waals surface area contributed by atoms with Crippen molar-refractivity contribution in [3.63, 3.8) is 0 Å². The first kappa shape index (κ1) is 17.9. The molecule has 0 unspecified atom stereocenters. The molecule has 0 aromatic rings. The van der Waals surface area contributed by atoms with Crippen molar-refractivity contribution in [1.29, 1.82) is 0 Å². The molecule has 0 aromatic carbocycles. The van der Waals surface area contributed by atoms with Crippen molar-refractivity contribution in [1.82, 2.24) is 13.9 Å². The first-order valence-corrected chi connectivity index (χ1v) is 8.26. The standard InChI is InChI=1S/C12H23N3O5S/c1-10(16)15-8-4-11(5-9-15)13-21(18,19)14(2)7-6-12(17)20-3/h11,13H,4-9H2,1-3H3. The normalized spacial score (nSPS) is 17.0. The molecule has 1 saturated heterocycles. The second kappa shape index (κ2) is 7.71. The maximum atomic E-state index is 12.1. The van der Waals surface area contributed by atoms with Crippen molar-refractivity contribution in [2.24, 2.45) is 0 Å². The van der Waals surface area contributed by atoms with E-state index < -0.39 is 16.2 Å². The van der Waals surface area contributed by atoms with E-state index >= 15 is 0 Å². The van der Waals surface area contributed by atoms with Crippen LogP contribution in [0.25, 0.3) is 0 Å². The number of carbonyl (C=O) groups excluding carboxylic acids is 2. The summed E-state index contributed by atoms with van der Waals surface area (Å²) in [5.41, 5.74) is 0. The summed E-state index contributed by atoms with van der Waals surface area (Å²) in [6.45, 7) is 2.67. The third-order valence-electron chi connectivity index (χ3n) is 3.52. The molecule has 1 fully saturated rings. The van der Waals surface area contributed by atoms with Gasteiger partial charge in [-0.15, -0.1) is 0 Å². The Kier molecular flexibility index (Phi) is 6.56. The summed E-state index contributed by atoms with van der Waals surface area (Å²) in [5.74, 6) is -0.446. The first-order chi connectivity index (χ1) is 9.76. The number of nitrogens with one attached hydrogen (secondary N) is 1. The van der Waals surface area contributed by atoms with Gasteiger partial charge in [0.15, 0.2) is 0 Å². The van der Waals surface area contributed by atoms with Crippen LogP contribution in [-0.2, 0) is 24.5 Å². The highest BCUT2D eigenvalue weighted by Crippen LogP contribution is 2.12. The Balaban J connectivity index is 2.45. The minimum absolute atomic E-state index is 0.00602. The van der Waals surface area contributed by atoms with Crippen LogP contribution in [0, 0.1) is 0 Å². The molecule has 0 radical (unpaired) electrons. The molecule has 1 amide bonds. The number of piperidine rings is 1. The van der Waals surface area contributed by atoms with Gasteiger partial charge in [-0.1, -0.05) is 0 Å². The van der Waals surface area contributed by atoms with Gasteiger partial charge in [0.25, 0.3) is 10.2 Å². The molecule has 1 N–H and O–H groups in total. The van der Waals surface area contributed by atoms with Gasteiger partial charge in [-0.3, -0.25) is 9.59 Å². The van der Waals surface area contributed by atoms with Crippen LogP contribution in [0.4, 0.5) is 0 Å². The summed E-state index contributed by atoms with van der Waals surface area (Å²) in [4.78, 5) is 23.9. The van der Waals surface area contributed by atoms with Crippen molar-refractivity contribution >= 4 is 22.1 Å². The zero-order chi connectivity index (χ0) is 16.0. The fourth-order valence-electron chi connectivity index (χ4n) is 2.08. The van der Waals surface area contributed by atoms with E-state index in [2.05, 4.69) is 9.46 Å². The van der Waals surface area contributed by atoms with E-state index in [1.165, 1.54) is 21.1 Å². The van der Waals surface area contributed by atoms with Crippen molar-refractivity contribution in [2.75, 3.05) is 33.8 Å². The number of ether oxygens (including phenoxy) is 1. The van der Waals surface area contributed by atoms with Gasteiger partial charge in [0.05, 0.1) is 13.5 Å². The zero-order valence-corrected chi connectivity index (χ0v) is 13.5. The maximum Gasteiger partial charge on any atom is 0.306 e. The second-order valence-electron chi connectivity index (χ2n) is 5.05. The lowest BCUT2D eigenvalue weighted by molar-refractivity contribution is -0.140. The average molecular weight is 321 g/mol. The highest BCUT2D eigenvalue weighted by atomic mass is 32.2. The quantitative estimate of drug-likeness (QED) is 0.654. The molecule has 0 aliphatic carbocycles. The van der Waals surface area contributed by atoms with Gasteiger partial charge < -0.3 is 9.64 Å². The number of hydrogen-bond acceptors (Lipinski definition) is 5. The Morgan fingerprint density at radius 3 is 2.38 bits per heavy atom. The summed E-state index contributed by atoms with van der Waals surface area (Å²) in [6.07, 6.45) is 1.18. The van der Waals surface area contributed by atoms with Crippen LogP contribution in [-0.4, -0.2) is 69.3 Å². The van der Waals surface area contributed by atoms with Gasteiger partial charge in [-0.05, 0) is 12.8 Å². The second-order valence-corrected chi connectivity index (χ2v) is 6.86. The predicted molar refractivity (Wildman–Crippen MR) is 76.6 cm³/mol. The lowest BCUT2D eigenvalue weighted by Crippen LogP contribution is -2.49. The molecular formula is C12H23N3O5S. The Morgan fingerprint density at radius 2 is 1.90 bits per heavy atom. The van der Waals surface area contributed by atoms with Crippen LogP contribution in [0.5, 0.6) is 0 Å². The van der Waals surface area contributed by atoms with Gasteiger partial charge in [0.2, 0.25) is 5.91 Å². The summed E-state index contributed by atoms with van der Waals surface area (Å²) >= 11 is 0. The average Bonchev–Trinajstić information content (AvgIpc) is 2.44. The number of rotatable bonds is 6. The highest BCUT2D eigenvalue weighted by Gasteiger charge is 2.26. The van der Waals surface area contributed by atoms with Gasteiger partial charge in [0, 0.05) is 39.6 Å². The van der Waals surface area contributed by atoms with E-state index in [-0.39, 0.29) is 24.9 Å². The van der Waals surface area contributed by atoms with Crippen LogP contribution in [0.2, 0.25) is 0 Å². The SMILES string of the molecule is COC(=O)CCN(C)S(=O)(=O)NC1CCN(C(C)=O)CC1. The number of likely N-dealkylation sites (tertiary alicyclic amines) is 1. The van der Waals surface area contributed by atoms with Crippen molar-refractivity contribution < 1.29 is 22.7 Å². The molecule has 122 valence electrons. The largest absolute Gasteiger partial charge is 0.469 e. The molecule has 1 aliphatic heterocycles. The fourth-order valence-corrected chi connectivity index (χ4v) is 3.25. The molecule has 1 rings (SSSR count). The Morgan fingerprint density at radius 1 is 1.33 bits per heavy atom. The van der Waals surface area contributed by atoms with Gasteiger partial charge in [-0.25, -0.2) is 0 Å². The van der Waals surface area contributed by atoms with Crippen LogP contribution in [0.3, 0.4) is 0 Å². The lowest BCUT2D eigenvalue weighted by atomic mass is 10.1. The van der Waals surface area contributed by atoms with Crippen molar-refractivity contribution in [2.45, 2.75) is 32.2 Å². The summed E-state index contributed by atoms with van der Waals surface area (Å²) in [7, 11) is -0.955. The molecule has 9 heteroatoms. The predicted octanol–water partition coefficient (Wildman–Crippen LogP) is -0.673. The molecule has 0 saturated carbocycles. The number of nitrogens with zero attached hydrogens (tertiary/aromatic N) is 2. The summed E-state index contributed by atoms with van der Waals surface area (Å²) < 4.78 is 32.4. The van der Waals surface area contributed by atoms with Gasteiger partial charge >= 0.3 is 5.97 Å². The van der Waals surface area contributed by atoms with E-state index in [1.807, 2.05) is 0 Å². The van der Waals surface area contributed by atoms with Crippen molar-refractivity contribution in [3.05, 3.63) is 0 Å². The molecule has 1 heterocycles. The lowest BCUT2D eigenvalue weighted by Gasteiger charge is -2.32. The van der Waals surface area contributed by atoms with Crippen LogP contribution in [0.1, 0.15) is 26.2 Å². The number of methoxy groups -OCH3 is 1. The first-order valence-electron chi connectivity index (χ1n) is 6.82. The van der Waals surface area contributed by atoms with E-state index in [0.717, 1.165) is 4.31 Å². The van der Waals surface area contributed by atoms with E-state index in [0.29, 0.717) is 25.9 Å². The zero-order valence-electron chi connectivity index (χ0n) is 12.7. The number of amides is 1. The molecule has 0 aromatic heterocycles. The molecule has 0 atom stereocenters. The van der Waals surface area contributed by atoms with E-state index in [9.17, 15) is 18.0 Å². The maximum absolute atomic E-state index is 12.1. The van der Waals surface area contributed by atoms with Crippen LogP contribution >= 0.6 is 0 Å². The van der Waals surface area contributed by atoms with Crippen molar-refractivity contribution in [3.8, 4) is 0 Å². The Labute approximate surface area is 125 Å². The molecule has 0 spiro atoms. The minimum Gasteiger partial charge on any atom is -0.469 e. The molecule has 8 nitrogen and oxygen atoms in total. The molecule has 21 heavy (non-hydrogen) atoms. The van der Waals surface area contributed by atoms with E-state index in [1.54, 1.807) is 4.90 Å². The number of esters is 1. The fraction of sp³-hybridized carbons (Fsp3) is 0.833. The monoisotopic (exact) mass is 321 g/mol. The smallest absolute Gasteiger partial charge is 0.306 e. The molecule has 0 bridgehead atoms. The van der Waals surface area contributed by atoms with Gasteiger partial charge in [-0.2, -0.15) is 17.4 Å². The third-order valence-corrected chi connectivity index (χ3v) is 5.16. The van der Waals surface area contributed by atoms with Crippen LogP contribution in [0.15, 0.2) is 0 Å². The highest BCUT2D eigenvalue weighted by molar-refractivity contribution is 7.87. The van der Waals surface area contributed by atoms with E-state index in [4.69, 9.17) is 0 Å². The Hall–Kier alpha value is -1.19. The molecule has 1 aliphatic rings. The van der Waals surface area contributed by atoms with Gasteiger partial charge in [0.1, 0.15) is 0 Å². The molecular weight excluding hydrogens is 298 g/mol. The summed E-state index contributed by atoms with van der Waals surface area (Å²) in [6, 6.07) is -0.189. The van der Waals surface area contributed by atoms with Crippen LogP contribution < -0.4 is 4.72 Å². The topological polar surface area (TPSA) is 96.0 Å². The summed E-state index contributed by atoms with van der Waals surface area (Å²) in [5, 5.41) is 0. The Bertz CT molecular complexity index is 471. The third kappa shape index (κ3) is 5.60.